The SMILES string of the molecule is CCSc1nnc(C(F)(F)F)n1/N=C/c1ccc(OC(F)F)c(OC)c1. The van der Waals surface area contributed by atoms with Crippen LogP contribution in [0.1, 0.15) is 18.3 Å². The van der Waals surface area contributed by atoms with Gasteiger partial charge in [-0.1, -0.05) is 18.7 Å². The molecule has 2 rings (SSSR count). The van der Waals surface area contributed by atoms with Crippen LogP contribution >= 0.6 is 11.8 Å². The highest BCUT2D eigenvalue weighted by atomic mass is 32.2. The van der Waals surface area contributed by atoms with Crippen molar-refractivity contribution in [3.8, 4) is 11.5 Å². The molecule has 1 aromatic heterocycles. The summed E-state index contributed by atoms with van der Waals surface area (Å²) in [6, 6.07) is 3.84. The average Bonchev–Trinajstić information content (AvgIpc) is 2.97. The lowest BCUT2D eigenvalue weighted by Crippen LogP contribution is -2.13. The van der Waals surface area contributed by atoms with Crippen molar-refractivity contribution in [2.45, 2.75) is 24.9 Å². The van der Waals surface area contributed by atoms with Crippen LogP contribution in [0.15, 0.2) is 28.5 Å². The van der Waals surface area contributed by atoms with Crippen LogP contribution in [-0.2, 0) is 6.18 Å². The molecule has 0 aliphatic heterocycles. The van der Waals surface area contributed by atoms with E-state index in [9.17, 15) is 22.0 Å². The van der Waals surface area contributed by atoms with E-state index >= 15 is 0 Å². The number of aromatic nitrogens is 3. The maximum absolute atomic E-state index is 13.0. The van der Waals surface area contributed by atoms with Crippen LogP contribution in [0.2, 0.25) is 0 Å². The van der Waals surface area contributed by atoms with E-state index in [1.807, 2.05) is 0 Å². The Morgan fingerprint density at radius 2 is 2.00 bits per heavy atom. The highest BCUT2D eigenvalue weighted by molar-refractivity contribution is 7.99. The number of halogens is 5. The fourth-order valence-electron chi connectivity index (χ4n) is 1.85. The molecule has 0 spiro atoms. The van der Waals surface area contributed by atoms with Crippen molar-refractivity contribution in [1.29, 1.82) is 0 Å². The van der Waals surface area contributed by atoms with Crippen LogP contribution in [0.3, 0.4) is 0 Å². The predicted octanol–water partition coefficient (Wildman–Crippen LogP) is 3.90. The quantitative estimate of drug-likeness (QED) is 0.404. The Labute approximate surface area is 149 Å². The third-order valence-corrected chi connectivity index (χ3v) is 3.67. The smallest absolute Gasteiger partial charge is 0.453 e. The molecular weight excluding hydrogens is 383 g/mol. The van der Waals surface area contributed by atoms with Gasteiger partial charge in [-0.05, 0) is 29.5 Å². The summed E-state index contributed by atoms with van der Waals surface area (Å²) in [7, 11) is 1.24. The van der Waals surface area contributed by atoms with Crippen LogP contribution < -0.4 is 9.47 Å². The largest absolute Gasteiger partial charge is 0.493 e. The topological polar surface area (TPSA) is 61.5 Å². The zero-order valence-electron chi connectivity index (χ0n) is 13.5. The van der Waals surface area contributed by atoms with Gasteiger partial charge in [0.1, 0.15) is 0 Å². The summed E-state index contributed by atoms with van der Waals surface area (Å²) in [6.45, 7) is -1.30. The Balaban J connectivity index is 2.36. The molecular formula is C14H13F5N4O2S. The molecule has 0 fully saturated rings. The molecule has 0 atom stereocenters. The van der Waals surface area contributed by atoms with Gasteiger partial charge >= 0.3 is 12.8 Å². The molecule has 26 heavy (non-hydrogen) atoms. The molecule has 0 saturated carbocycles. The third kappa shape index (κ3) is 4.84. The Morgan fingerprint density at radius 3 is 2.58 bits per heavy atom. The summed E-state index contributed by atoms with van der Waals surface area (Å²) in [6.07, 6.45) is -3.63. The van der Waals surface area contributed by atoms with Crippen LogP contribution in [0.4, 0.5) is 22.0 Å². The van der Waals surface area contributed by atoms with Crippen LogP contribution in [0.25, 0.3) is 0 Å². The molecule has 12 heteroatoms. The summed E-state index contributed by atoms with van der Waals surface area (Å²) in [4.78, 5) is 0. The Bertz CT molecular complexity index is 779. The summed E-state index contributed by atoms with van der Waals surface area (Å²) >= 11 is 1.04. The van der Waals surface area contributed by atoms with E-state index < -0.39 is 18.6 Å². The second-order valence-corrected chi connectivity index (χ2v) is 5.81. The van der Waals surface area contributed by atoms with Gasteiger partial charge in [-0.3, -0.25) is 0 Å². The van der Waals surface area contributed by atoms with E-state index in [0.717, 1.165) is 18.0 Å². The van der Waals surface area contributed by atoms with E-state index in [-0.39, 0.29) is 16.7 Å². The first-order chi connectivity index (χ1) is 12.3. The zero-order chi connectivity index (χ0) is 19.3. The molecule has 0 radical (unpaired) electrons. The Kier molecular flexibility index (Phi) is 6.40. The van der Waals surface area contributed by atoms with E-state index in [1.165, 1.54) is 25.3 Å². The van der Waals surface area contributed by atoms with Crippen molar-refractivity contribution < 1.29 is 31.4 Å². The minimum Gasteiger partial charge on any atom is -0.493 e. The minimum absolute atomic E-state index is 0.0165. The van der Waals surface area contributed by atoms with Gasteiger partial charge < -0.3 is 9.47 Å². The second kappa shape index (κ2) is 8.34. The Morgan fingerprint density at radius 1 is 1.27 bits per heavy atom. The number of rotatable bonds is 7. The van der Waals surface area contributed by atoms with E-state index in [0.29, 0.717) is 16.0 Å². The normalized spacial score (nSPS) is 12.2. The van der Waals surface area contributed by atoms with Gasteiger partial charge in [0.2, 0.25) is 5.16 Å². The second-order valence-electron chi connectivity index (χ2n) is 4.58. The molecule has 0 unspecified atom stereocenters. The first-order valence-electron chi connectivity index (χ1n) is 7.08. The number of hydrogen-bond acceptors (Lipinski definition) is 6. The van der Waals surface area contributed by atoms with Crippen molar-refractivity contribution in [1.82, 2.24) is 14.9 Å². The highest BCUT2D eigenvalue weighted by Crippen LogP contribution is 2.31. The fraction of sp³-hybridized carbons (Fsp3) is 0.357. The maximum atomic E-state index is 13.0. The molecule has 6 nitrogen and oxygen atoms in total. The molecule has 142 valence electrons. The predicted molar refractivity (Wildman–Crippen MR) is 84.0 cm³/mol. The van der Waals surface area contributed by atoms with E-state index in [4.69, 9.17) is 4.74 Å². The number of thioether (sulfide) groups is 1. The summed E-state index contributed by atoms with van der Waals surface area (Å²) in [5.41, 5.74) is 0.303. The molecule has 0 aliphatic carbocycles. The van der Waals surface area contributed by atoms with Crippen molar-refractivity contribution in [2.24, 2.45) is 5.10 Å². The van der Waals surface area contributed by atoms with Gasteiger partial charge in [-0.25, -0.2) is 0 Å². The number of nitrogens with zero attached hydrogens (tertiary/aromatic N) is 4. The van der Waals surface area contributed by atoms with Gasteiger partial charge in [0.05, 0.1) is 13.3 Å². The lowest BCUT2D eigenvalue weighted by molar-refractivity contribution is -0.147. The molecule has 0 bridgehead atoms. The molecule has 1 heterocycles. The number of hydrogen-bond donors (Lipinski definition) is 0. The van der Waals surface area contributed by atoms with Gasteiger partial charge in [0.15, 0.2) is 11.5 Å². The first-order valence-corrected chi connectivity index (χ1v) is 8.07. The van der Waals surface area contributed by atoms with Crippen LogP contribution in [0, 0.1) is 0 Å². The summed E-state index contributed by atoms with van der Waals surface area (Å²) in [5, 5.41) is 10.3. The van der Waals surface area contributed by atoms with Crippen molar-refractivity contribution in [3.05, 3.63) is 29.6 Å². The number of alkyl halides is 5. The van der Waals surface area contributed by atoms with Crippen LogP contribution in [0.5, 0.6) is 11.5 Å². The molecule has 0 aliphatic rings. The molecule has 1 aromatic carbocycles. The zero-order valence-corrected chi connectivity index (χ0v) is 14.3. The molecule has 0 N–H and O–H groups in total. The minimum atomic E-state index is -4.73. The van der Waals surface area contributed by atoms with Crippen molar-refractivity contribution >= 4 is 18.0 Å². The Hall–Kier alpha value is -2.37. The summed E-state index contributed by atoms with van der Waals surface area (Å²) in [5.74, 6) is -1.02. The monoisotopic (exact) mass is 396 g/mol. The van der Waals surface area contributed by atoms with Crippen molar-refractivity contribution in [3.63, 3.8) is 0 Å². The molecule has 0 amide bonds. The number of benzene rings is 1. The molecule has 0 saturated heterocycles. The molecule has 2 aromatic rings. The number of methoxy groups -OCH3 is 1. The van der Waals surface area contributed by atoms with Gasteiger partial charge in [0.25, 0.3) is 5.82 Å². The third-order valence-electron chi connectivity index (χ3n) is 2.87. The standard InChI is InChI=1S/C14H13F5N4O2S/c1-3-26-13-22-21-11(14(17,18)19)23(13)20-7-8-4-5-9(25-12(15)16)10(6-8)24-2/h4-7,12H,3H2,1-2H3/b20-7+. The lowest BCUT2D eigenvalue weighted by Gasteiger charge is -2.10. The summed E-state index contributed by atoms with van der Waals surface area (Å²) < 4.78 is 73.4. The van der Waals surface area contributed by atoms with E-state index in [2.05, 4.69) is 20.0 Å². The average molecular weight is 396 g/mol. The van der Waals surface area contributed by atoms with E-state index in [1.54, 1.807) is 6.92 Å². The number of ether oxygens (including phenoxy) is 2. The van der Waals surface area contributed by atoms with Crippen LogP contribution in [-0.4, -0.2) is 40.6 Å². The van der Waals surface area contributed by atoms with Gasteiger partial charge in [-0.15, -0.1) is 10.2 Å². The van der Waals surface area contributed by atoms with Gasteiger partial charge in [-0.2, -0.15) is 31.7 Å². The lowest BCUT2D eigenvalue weighted by atomic mass is 10.2. The van der Waals surface area contributed by atoms with Gasteiger partial charge in [0, 0.05) is 0 Å². The fourth-order valence-corrected chi connectivity index (χ4v) is 2.46. The van der Waals surface area contributed by atoms with Crippen molar-refractivity contribution in [2.75, 3.05) is 12.9 Å². The maximum Gasteiger partial charge on any atom is 0.453 e. The first kappa shape index (κ1) is 19.9. The highest BCUT2D eigenvalue weighted by Gasteiger charge is 2.38.